The highest BCUT2D eigenvalue weighted by molar-refractivity contribution is 7.88. The summed E-state index contributed by atoms with van der Waals surface area (Å²) in [5, 5.41) is 14.5. The minimum Gasteiger partial charge on any atom is -0.383 e. The predicted octanol–water partition coefficient (Wildman–Crippen LogP) is 1.79. The van der Waals surface area contributed by atoms with Gasteiger partial charge >= 0.3 is 0 Å². The number of H-pyrrole nitrogens is 1. The number of nitrogens with zero attached hydrogens (tertiary/aromatic N) is 8. The van der Waals surface area contributed by atoms with Crippen LogP contribution in [0.2, 0.25) is 0 Å². The van der Waals surface area contributed by atoms with Crippen LogP contribution >= 0.6 is 0 Å². The average molecular weight is 519 g/mol. The van der Waals surface area contributed by atoms with E-state index in [2.05, 4.69) is 50.2 Å². The van der Waals surface area contributed by atoms with Gasteiger partial charge in [-0.3, -0.25) is 5.10 Å². The van der Waals surface area contributed by atoms with Gasteiger partial charge in [-0.2, -0.15) is 14.5 Å². The Hall–Kier alpha value is -4.10. The van der Waals surface area contributed by atoms with Crippen molar-refractivity contribution in [3.63, 3.8) is 0 Å². The summed E-state index contributed by atoms with van der Waals surface area (Å²) in [6, 6.07) is 8.23. The monoisotopic (exact) mass is 518 g/mol. The topological polar surface area (TPSA) is 152 Å². The Morgan fingerprint density at radius 2 is 1.92 bits per heavy atom. The molecule has 0 atom stereocenters. The number of pyridine rings is 1. The summed E-state index contributed by atoms with van der Waals surface area (Å²) in [6.45, 7) is 4.40. The zero-order valence-corrected chi connectivity index (χ0v) is 21.3. The first-order chi connectivity index (χ1) is 17.8. The molecule has 13 heteroatoms. The molecule has 12 nitrogen and oxygen atoms in total. The number of hydrogen-bond donors (Lipinski definition) is 2. The number of nitrogen functional groups attached to an aromatic ring is 1. The quantitative estimate of drug-likeness (QED) is 0.355. The third-order valence-electron chi connectivity index (χ3n) is 6.75. The smallest absolute Gasteiger partial charge is 0.211 e. The number of benzene rings is 1. The van der Waals surface area contributed by atoms with Crippen LogP contribution in [-0.2, 0) is 16.6 Å². The number of fused-ring (bicyclic) bond motifs is 2. The van der Waals surface area contributed by atoms with Crippen molar-refractivity contribution < 1.29 is 8.42 Å². The van der Waals surface area contributed by atoms with Crippen molar-refractivity contribution in [2.75, 3.05) is 43.1 Å². The van der Waals surface area contributed by atoms with Gasteiger partial charge in [-0.25, -0.2) is 28.1 Å². The number of sulfonamides is 1. The maximum atomic E-state index is 12.0. The molecule has 0 aliphatic carbocycles. The number of piperazine rings is 1. The highest BCUT2D eigenvalue weighted by atomic mass is 32.2. The van der Waals surface area contributed by atoms with Crippen LogP contribution in [0.1, 0.15) is 11.3 Å². The fourth-order valence-electron chi connectivity index (χ4n) is 4.94. The van der Waals surface area contributed by atoms with E-state index >= 15 is 0 Å². The van der Waals surface area contributed by atoms with E-state index in [0.717, 1.165) is 33.4 Å². The second-order valence-corrected chi connectivity index (χ2v) is 11.2. The van der Waals surface area contributed by atoms with Gasteiger partial charge in [0.15, 0.2) is 5.65 Å². The molecular formula is C24H26N10O2S. The lowest BCUT2D eigenvalue weighted by atomic mass is 10.0. The van der Waals surface area contributed by atoms with Crippen molar-refractivity contribution in [3.8, 4) is 11.3 Å². The summed E-state index contributed by atoms with van der Waals surface area (Å²) >= 11 is 0. The van der Waals surface area contributed by atoms with Gasteiger partial charge < -0.3 is 10.6 Å². The molecule has 0 spiro atoms. The predicted molar refractivity (Wildman–Crippen MR) is 142 cm³/mol. The Kier molecular flexibility index (Phi) is 5.53. The van der Waals surface area contributed by atoms with Crippen molar-refractivity contribution in [1.82, 2.24) is 39.2 Å². The van der Waals surface area contributed by atoms with Gasteiger partial charge in [-0.1, -0.05) is 18.2 Å². The van der Waals surface area contributed by atoms with Gasteiger partial charge in [0.05, 0.1) is 30.1 Å². The van der Waals surface area contributed by atoms with Crippen molar-refractivity contribution in [1.29, 1.82) is 0 Å². The second-order valence-electron chi connectivity index (χ2n) is 9.21. The number of aromatic nitrogens is 7. The Morgan fingerprint density at radius 1 is 1.11 bits per heavy atom. The zero-order valence-electron chi connectivity index (χ0n) is 20.5. The molecule has 190 valence electrons. The maximum absolute atomic E-state index is 12.0. The van der Waals surface area contributed by atoms with E-state index in [1.807, 2.05) is 6.07 Å². The summed E-state index contributed by atoms with van der Waals surface area (Å²) < 4.78 is 27.4. The van der Waals surface area contributed by atoms with Gasteiger partial charge in [0.25, 0.3) is 0 Å². The van der Waals surface area contributed by atoms with Crippen LogP contribution in [0.3, 0.4) is 0 Å². The molecule has 4 aromatic heterocycles. The molecule has 6 rings (SSSR count). The van der Waals surface area contributed by atoms with E-state index in [1.165, 1.54) is 16.9 Å². The molecule has 1 aliphatic rings. The first-order valence-corrected chi connectivity index (χ1v) is 13.7. The lowest BCUT2D eigenvalue weighted by Crippen LogP contribution is -2.48. The summed E-state index contributed by atoms with van der Waals surface area (Å²) in [5.74, 6) is 1.19. The molecule has 3 N–H and O–H groups in total. The number of hydrogen-bond acceptors (Lipinski definition) is 9. The molecule has 0 bridgehead atoms. The van der Waals surface area contributed by atoms with Crippen molar-refractivity contribution in [2.45, 2.75) is 13.5 Å². The van der Waals surface area contributed by atoms with E-state index in [-0.39, 0.29) is 0 Å². The standard InChI is InChI=1S/C24H26N10O2S/c1-15-4-3-5-16-10-18(30-24(19(15)16)32-6-8-33(9-7-32)37(2,35)36)13-34-23-20(22(25)26-14-27-23)21(31-34)17-11-28-29-12-17/h3-5,10-12,14H,6-9,13H2,1-2H3,(H,28,29)(H2,25,26,27). The fraction of sp³-hybridized carbons (Fsp3) is 0.292. The van der Waals surface area contributed by atoms with E-state index in [9.17, 15) is 8.42 Å². The van der Waals surface area contributed by atoms with Crippen molar-refractivity contribution in [2.24, 2.45) is 0 Å². The molecule has 1 aromatic carbocycles. The van der Waals surface area contributed by atoms with Gasteiger partial charge in [0.1, 0.15) is 23.7 Å². The average Bonchev–Trinajstić information content (AvgIpc) is 3.52. The van der Waals surface area contributed by atoms with Crippen LogP contribution in [0, 0.1) is 6.92 Å². The minimum absolute atomic E-state index is 0.346. The SMILES string of the molecule is Cc1cccc2cc(Cn3nc(-c4cn[nH]c4)c4c(N)ncnc43)nc(N3CCN(S(C)(=O)=O)CC3)c12. The Morgan fingerprint density at radius 3 is 2.65 bits per heavy atom. The largest absolute Gasteiger partial charge is 0.383 e. The van der Waals surface area contributed by atoms with Crippen LogP contribution in [0.5, 0.6) is 0 Å². The molecule has 1 saturated heterocycles. The molecule has 0 unspecified atom stereocenters. The highest BCUT2D eigenvalue weighted by Crippen LogP contribution is 2.32. The van der Waals surface area contributed by atoms with Crippen LogP contribution in [-0.4, -0.2) is 80.1 Å². The molecular weight excluding hydrogens is 492 g/mol. The summed E-state index contributed by atoms with van der Waals surface area (Å²) in [6.07, 6.45) is 6.12. The van der Waals surface area contributed by atoms with E-state index < -0.39 is 10.0 Å². The zero-order chi connectivity index (χ0) is 25.7. The second kappa shape index (κ2) is 8.78. The van der Waals surface area contributed by atoms with Crippen LogP contribution in [0.15, 0.2) is 43.0 Å². The third-order valence-corrected chi connectivity index (χ3v) is 8.05. The number of aryl methyl sites for hydroxylation is 1. The molecule has 1 fully saturated rings. The fourth-order valence-corrected chi connectivity index (χ4v) is 5.76. The molecule has 5 aromatic rings. The summed E-state index contributed by atoms with van der Waals surface area (Å²) in [4.78, 5) is 15.9. The van der Waals surface area contributed by atoms with Gasteiger partial charge in [-0.15, -0.1) is 0 Å². The lowest BCUT2D eigenvalue weighted by molar-refractivity contribution is 0.387. The highest BCUT2D eigenvalue weighted by Gasteiger charge is 2.26. The number of nitrogens with two attached hydrogens (primary N) is 1. The summed E-state index contributed by atoms with van der Waals surface area (Å²) in [5.41, 5.74) is 10.2. The first-order valence-electron chi connectivity index (χ1n) is 11.8. The summed E-state index contributed by atoms with van der Waals surface area (Å²) in [7, 11) is -3.23. The molecule has 37 heavy (non-hydrogen) atoms. The third kappa shape index (κ3) is 4.15. The van der Waals surface area contributed by atoms with Crippen molar-refractivity contribution in [3.05, 3.63) is 54.2 Å². The van der Waals surface area contributed by atoms with Gasteiger partial charge in [0, 0.05) is 43.3 Å². The molecule has 0 radical (unpaired) electrons. The van der Waals surface area contributed by atoms with Crippen LogP contribution < -0.4 is 10.6 Å². The molecule has 5 heterocycles. The normalized spacial score (nSPS) is 15.1. The van der Waals surface area contributed by atoms with Crippen molar-refractivity contribution >= 4 is 43.5 Å². The number of aromatic amines is 1. The Labute approximate surface area is 213 Å². The maximum Gasteiger partial charge on any atom is 0.211 e. The minimum atomic E-state index is -3.23. The van der Waals surface area contributed by atoms with E-state index in [4.69, 9.17) is 15.8 Å². The van der Waals surface area contributed by atoms with Gasteiger partial charge in [0.2, 0.25) is 10.0 Å². The molecule has 1 aliphatic heterocycles. The number of nitrogens with one attached hydrogen (secondary N) is 1. The molecule has 0 saturated carbocycles. The first kappa shape index (κ1) is 23.3. The Bertz CT molecular complexity index is 1720. The van der Waals surface area contributed by atoms with Crippen LogP contribution in [0.4, 0.5) is 11.6 Å². The van der Waals surface area contributed by atoms with E-state index in [0.29, 0.717) is 55.3 Å². The van der Waals surface area contributed by atoms with Crippen LogP contribution in [0.25, 0.3) is 33.1 Å². The van der Waals surface area contributed by atoms with Gasteiger partial charge in [-0.05, 0) is 23.9 Å². The molecule has 0 amide bonds. The number of anilines is 2. The Balaban J connectivity index is 1.43. The van der Waals surface area contributed by atoms with E-state index in [1.54, 1.807) is 17.1 Å². The lowest BCUT2D eigenvalue weighted by Gasteiger charge is -2.35. The number of rotatable bonds is 5.